The summed E-state index contributed by atoms with van der Waals surface area (Å²) in [5.41, 5.74) is -0.335. The molecule has 0 bridgehead atoms. The van der Waals surface area contributed by atoms with Gasteiger partial charge in [0, 0.05) is 13.0 Å². The maximum Gasteiger partial charge on any atom is 0.407 e. The van der Waals surface area contributed by atoms with Gasteiger partial charge in [-0.25, -0.2) is 9.59 Å². The molecule has 1 aromatic heterocycles. The SMILES string of the molecule is Cc1oc(CCCNC(=O)OC(C)(C)C)cc1C(=O)O. The van der Waals surface area contributed by atoms with E-state index in [0.717, 1.165) is 0 Å². The standard InChI is InChI=1S/C14H21NO5/c1-9-11(12(16)17)8-10(19-9)6-5-7-15-13(18)20-14(2,3)4/h8H,5-7H2,1-4H3,(H,15,18)(H,16,17). The van der Waals surface area contributed by atoms with Crippen molar-refractivity contribution in [3.63, 3.8) is 0 Å². The number of aryl methyl sites for hydroxylation is 2. The molecule has 2 N–H and O–H groups in total. The molecule has 0 aliphatic carbocycles. The summed E-state index contributed by atoms with van der Waals surface area (Å²) in [6.07, 6.45) is 0.745. The summed E-state index contributed by atoms with van der Waals surface area (Å²) in [5, 5.41) is 11.5. The molecule has 112 valence electrons. The predicted octanol–water partition coefficient (Wildman–Crippen LogP) is 2.74. The summed E-state index contributed by atoms with van der Waals surface area (Å²) < 4.78 is 10.4. The molecule has 0 radical (unpaired) electrons. The van der Waals surface area contributed by atoms with Crippen molar-refractivity contribution >= 4 is 12.1 Å². The van der Waals surface area contributed by atoms with Crippen LogP contribution in [-0.2, 0) is 11.2 Å². The quantitative estimate of drug-likeness (QED) is 0.811. The number of rotatable bonds is 5. The topological polar surface area (TPSA) is 88.8 Å². The van der Waals surface area contributed by atoms with Crippen LogP contribution in [0.1, 0.15) is 49.1 Å². The van der Waals surface area contributed by atoms with E-state index in [1.165, 1.54) is 6.07 Å². The van der Waals surface area contributed by atoms with Crippen molar-refractivity contribution in [3.8, 4) is 0 Å². The lowest BCUT2D eigenvalue weighted by Crippen LogP contribution is -2.33. The number of nitrogens with one attached hydrogen (secondary N) is 1. The number of carbonyl (C=O) groups excluding carboxylic acids is 1. The van der Waals surface area contributed by atoms with Crippen LogP contribution in [0.5, 0.6) is 0 Å². The highest BCUT2D eigenvalue weighted by molar-refractivity contribution is 5.88. The summed E-state index contributed by atoms with van der Waals surface area (Å²) in [4.78, 5) is 22.2. The van der Waals surface area contributed by atoms with E-state index in [-0.39, 0.29) is 5.56 Å². The molecule has 6 nitrogen and oxygen atoms in total. The van der Waals surface area contributed by atoms with Gasteiger partial charge in [-0.1, -0.05) is 0 Å². The molecule has 0 saturated carbocycles. The van der Waals surface area contributed by atoms with Crippen LogP contribution >= 0.6 is 0 Å². The van der Waals surface area contributed by atoms with Gasteiger partial charge in [0.1, 0.15) is 22.7 Å². The van der Waals surface area contributed by atoms with E-state index in [2.05, 4.69) is 5.32 Å². The molecule has 0 spiro atoms. The fraction of sp³-hybridized carbons (Fsp3) is 0.571. The van der Waals surface area contributed by atoms with E-state index in [1.54, 1.807) is 27.7 Å². The van der Waals surface area contributed by atoms with Crippen LogP contribution in [0, 0.1) is 6.92 Å². The lowest BCUT2D eigenvalue weighted by molar-refractivity contribution is 0.0526. The van der Waals surface area contributed by atoms with Crippen LogP contribution in [0.3, 0.4) is 0 Å². The van der Waals surface area contributed by atoms with Gasteiger partial charge in [-0.3, -0.25) is 0 Å². The molecule has 1 amide bonds. The number of hydrogen-bond donors (Lipinski definition) is 2. The Morgan fingerprint density at radius 3 is 2.55 bits per heavy atom. The Labute approximate surface area is 118 Å². The van der Waals surface area contributed by atoms with Gasteiger partial charge in [-0.05, 0) is 40.2 Å². The van der Waals surface area contributed by atoms with Crippen LogP contribution in [0.4, 0.5) is 4.79 Å². The maximum atomic E-state index is 11.4. The highest BCUT2D eigenvalue weighted by Crippen LogP contribution is 2.15. The number of carboxylic acids is 1. The molecule has 0 unspecified atom stereocenters. The Bertz CT molecular complexity index is 484. The number of hydrogen-bond acceptors (Lipinski definition) is 4. The van der Waals surface area contributed by atoms with Crippen LogP contribution < -0.4 is 5.32 Å². The summed E-state index contributed by atoms with van der Waals surface area (Å²) >= 11 is 0. The van der Waals surface area contributed by atoms with Crippen molar-refractivity contribution in [2.24, 2.45) is 0 Å². The van der Waals surface area contributed by atoms with Crippen molar-refractivity contribution < 1.29 is 23.8 Å². The van der Waals surface area contributed by atoms with Gasteiger partial charge >= 0.3 is 12.1 Å². The van der Waals surface area contributed by atoms with Gasteiger partial charge in [0.15, 0.2) is 0 Å². The minimum Gasteiger partial charge on any atom is -0.478 e. The van der Waals surface area contributed by atoms with Crippen molar-refractivity contribution in [2.75, 3.05) is 6.54 Å². The molecule has 0 aromatic carbocycles. The second kappa shape index (κ2) is 6.45. The molecular formula is C14H21NO5. The first kappa shape index (κ1) is 16.1. The molecule has 1 aromatic rings. The summed E-state index contributed by atoms with van der Waals surface area (Å²) in [6.45, 7) is 7.45. The van der Waals surface area contributed by atoms with Crippen LogP contribution in [0.2, 0.25) is 0 Å². The second-order valence-corrected chi connectivity index (χ2v) is 5.52. The summed E-state index contributed by atoms with van der Waals surface area (Å²) in [5.74, 6) is 0.00266. The molecule has 0 saturated heterocycles. The number of ether oxygens (including phenoxy) is 1. The van der Waals surface area contributed by atoms with E-state index < -0.39 is 17.7 Å². The molecular weight excluding hydrogens is 262 g/mol. The highest BCUT2D eigenvalue weighted by Gasteiger charge is 2.16. The Morgan fingerprint density at radius 1 is 1.40 bits per heavy atom. The van der Waals surface area contributed by atoms with Gasteiger partial charge < -0.3 is 19.6 Å². The van der Waals surface area contributed by atoms with Gasteiger partial charge in [-0.2, -0.15) is 0 Å². The highest BCUT2D eigenvalue weighted by atomic mass is 16.6. The number of furan rings is 1. The number of carbonyl (C=O) groups is 2. The van der Waals surface area contributed by atoms with Crippen molar-refractivity contribution in [2.45, 2.75) is 46.1 Å². The molecule has 1 heterocycles. The monoisotopic (exact) mass is 283 g/mol. The third kappa shape index (κ3) is 5.34. The van der Waals surface area contributed by atoms with Crippen LogP contribution in [0.25, 0.3) is 0 Å². The first-order valence-electron chi connectivity index (χ1n) is 6.48. The number of carboxylic acid groups (broad SMARTS) is 1. The molecule has 0 aliphatic rings. The van der Waals surface area contributed by atoms with Crippen LogP contribution in [-0.4, -0.2) is 29.3 Å². The first-order chi connectivity index (χ1) is 9.19. The van der Waals surface area contributed by atoms with E-state index in [9.17, 15) is 9.59 Å². The third-order valence-electron chi connectivity index (χ3n) is 2.47. The van der Waals surface area contributed by atoms with E-state index in [4.69, 9.17) is 14.3 Å². The second-order valence-electron chi connectivity index (χ2n) is 5.52. The van der Waals surface area contributed by atoms with Crippen molar-refractivity contribution in [1.29, 1.82) is 0 Å². The Hall–Kier alpha value is -1.98. The lowest BCUT2D eigenvalue weighted by Gasteiger charge is -2.19. The molecule has 0 fully saturated rings. The zero-order chi connectivity index (χ0) is 15.3. The summed E-state index contributed by atoms with van der Waals surface area (Å²) in [6, 6.07) is 1.52. The van der Waals surface area contributed by atoms with E-state index >= 15 is 0 Å². The molecule has 6 heteroatoms. The normalized spacial score (nSPS) is 11.2. The minimum absolute atomic E-state index is 0.181. The number of aromatic carboxylic acids is 1. The average Bonchev–Trinajstić information content (AvgIpc) is 2.64. The average molecular weight is 283 g/mol. The molecule has 0 aliphatic heterocycles. The Balaban J connectivity index is 2.33. The van der Waals surface area contributed by atoms with Crippen LogP contribution in [0.15, 0.2) is 10.5 Å². The van der Waals surface area contributed by atoms with Crippen molar-refractivity contribution in [3.05, 3.63) is 23.2 Å². The largest absolute Gasteiger partial charge is 0.478 e. The fourth-order valence-electron chi connectivity index (χ4n) is 1.65. The first-order valence-corrected chi connectivity index (χ1v) is 6.48. The van der Waals surface area contributed by atoms with E-state index in [0.29, 0.717) is 30.9 Å². The fourth-order valence-corrected chi connectivity index (χ4v) is 1.65. The van der Waals surface area contributed by atoms with Gasteiger partial charge in [0.2, 0.25) is 0 Å². The Morgan fingerprint density at radius 2 is 2.05 bits per heavy atom. The maximum absolute atomic E-state index is 11.4. The van der Waals surface area contributed by atoms with E-state index in [1.807, 2.05) is 0 Å². The minimum atomic E-state index is -0.996. The van der Waals surface area contributed by atoms with Gasteiger partial charge in [-0.15, -0.1) is 0 Å². The molecule has 0 atom stereocenters. The number of alkyl carbamates (subject to hydrolysis) is 1. The molecule has 20 heavy (non-hydrogen) atoms. The number of amides is 1. The van der Waals surface area contributed by atoms with Gasteiger partial charge in [0.05, 0.1) is 0 Å². The van der Waals surface area contributed by atoms with Gasteiger partial charge in [0.25, 0.3) is 0 Å². The zero-order valence-corrected chi connectivity index (χ0v) is 12.3. The van der Waals surface area contributed by atoms with Crippen molar-refractivity contribution in [1.82, 2.24) is 5.32 Å². The Kier molecular flexibility index (Phi) is 5.19. The third-order valence-corrected chi connectivity index (χ3v) is 2.47. The zero-order valence-electron chi connectivity index (χ0n) is 12.3. The lowest BCUT2D eigenvalue weighted by atomic mass is 10.2. The predicted molar refractivity (Wildman–Crippen MR) is 73.0 cm³/mol. The smallest absolute Gasteiger partial charge is 0.407 e. The summed E-state index contributed by atoms with van der Waals surface area (Å²) in [7, 11) is 0. The molecule has 1 rings (SSSR count).